The van der Waals surface area contributed by atoms with Crippen molar-refractivity contribution < 1.29 is 0 Å². The van der Waals surface area contributed by atoms with Gasteiger partial charge >= 0.3 is 0 Å². The van der Waals surface area contributed by atoms with Gasteiger partial charge in [0.2, 0.25) is 0 Å². The second kappa shape index (κ2) is 3.54. The lowest BCUT2D eigenvalue weighted by Gasteiger charge is -1.99. The lowest BCUT2D eigenvalue weighted by molar-refractivity contribution is 1.65. The fourth-order valence-corrected chi connectivity index (χ4v) is 0.872. The minimum absolute atomic E-state index is 0.812. The Morgan fingerprint density at radius 3 is 1.90 bits per heavy atom. The molecule has 2 N–H and O–H groups in total. The number of anilines is 2. The van der Waals surface area contributed by atoms with E-state index in [4.69, 9.17) is 23.6 Å². The van der Waals surface area contributed by atoms with Crippen LogP contribution in [0.4, 0.5) is 11.4 Å². The molecule has 4 heteroatoms. The molecule has 1 aromatic carbocycles. The molecule has 1 rings (SSSR count). The first-order chi connectivity index (χ1) is 4.86. The van der Waals surface area contributed by atoms with Crippen LogP contribution < -0.4 is 9.67 Å². The molecule has 0 unspecified atom stereocenters. The van der Waals surface area contributed by atoms with Gasteiger partial charge in [-0.3, -0.25) is 9.67 Å². The van der Waals surface area contributed by atoms with Crippen LogP contribution in [0.3, 0.4) is 0 Å². The molecule has 0 aromatic heterocycles. The quantitative estimate of drug-likeness (QED) is 0.678. The highest BCUT2D eigenvalue weighted by molar-refractivity contribution is 6.25. The smallest absolute Gasteiger partial charge is 0.0512 e. The van der Waals surface area contributed by atoms with Crippen molar-refractivity contribution in [3.63, 3.8) is 0 Å². The summed E-state index contributed by atoms with van der Waals surface area (Å²) >= 11 is 10.7. The molecule has 0 fully saturated rings. The van der Waals surface area contributed by atoms with E-state index in [1.165, 1.54) is 0 Å². The van der Waals surface area contributed by atoms with E-state index in [0.29, 0.717) is 0 Å². The first-order valence-electron chi connectivity index (χ1n) is 2.70. The number of hydrogen-bond donors (Lipinski definition) is 2. The molecule has 0 spiro atoms. The molecular weight excluding hydrogens is 171 g/mol. The number of rotatable bonds is 2. The first kappa shape index (κ1) is 7.51. The van der Waals surface area contributed by atoms with Gasteiger partial charge < -0.3 is 0 Å². The van der Waals surface area contributed by atoms with Crippen LogP contribution in [-0.4, -0.2) is 0 Å². The Bertz CT molecular complexity index is 195. The molecule has 0 heterocycles. The van der Waals surface area contributed by atoms with Gasteiger partial charge in [0.05, 0.1) is 11.4 Å². The van der Waals surface area contributed by atoms with Crippen molar-refractivity contribution in [3.8, 4) is 0 Å². The zero-order valence-electron chi connectivity index (χ0n) is 5.07. The summed E-state index contributed by atoms with van der Waals surface area (Å²) in [4.78, 5) is 4.95. The maximum Gasteiger partial charge on any atom is 0.0512 e. The molecule has 0 saturated heterocycles. The van der Waals surface area contributed by atoms with Crippen molar-refractivity contribution in [2.24, 2.45) is 0 Å². The molecule has 0 amide bonds. The maximum atomic E-state index is 5.33. The van der Waals surface area contributed by atoms with Crippen molar-refractivity contribution >= 4 is 34.9 Å². The van der Waals surface area contributed by atoms with Crippen LogP contribution in [-0.2, 0) is 0 Å². The molecule has 0 radical (unpaired) electrons. The van der Waals surface area contributed by atoms with Crippen LogP contribution in [0.2, 0.25) is 0 Å². The lowest BCUT2D eigenvalue weighted by Crippen LogP contribution is -1.82. The fourth-order valence-electron chi connectivity index (χ4n) is 0.637. The topological polar surface area (TPSA) is 24.1 Å². The monoisotopic (exact) mass is 176 g/mol. The van der Waals surface area contributed by atoms with Gasteiger partial charge in [-0.2, -0.15) is 0 Å². The number of benzene rings is 1. The summed E-state index contributed by atoms with van der Waals surface area (Å²) < 4.78 is 0. The highest BCUT2D eigenvalue weighted by Crippen LogP contribution is 2.15. The fraction of sp³-hybridized carbons (Fsp3) is 0. The normalized spacial score (nSPS) is 9.00. The third kappa shape index (κ3) is 1.69. The predicted octanol–water partition coefficient (Wildman–Crippen LogP) is 2.82. The van der Waals surface area contributed by atoms with E-state index in [9.17, 15) is 0 Å². The van der Waals surface area contributed by atoms with E-state index in [0.717, 1.165) is 11.4 Å². The Morgan fingerprint density at radius 2 is 1.50 bits per heavy atom. The van der Waals surface area contributed by atoms with Crippen LogP contribution in [0, 0.1) is 0 Å². The molecule has 10 heavy (non-hydrogen) atoms. The van der Waals surface area contributed by atoms with Gasteiger partial charge in [-0.05, 0) is 18.2 Å². The van der Waals surface area contributed by atoms with E-state index in [2.05, 4.69) is 9.67 Å². The summed E-state index contributed by atoms with van der Waals surface area (Å²) in [6.45, 7) is 0. The summed E-state index contributed by atoms with van der Waals surface area (Å²) in [7, 11) is 0. The largest absolute Gasteiger partial charge is 0.298 e. The van der Waals surface area contributed by atoms with E-state index < -0.39 is 0 Å². The molecule has 0 bridgehead atoms. The molecule has 0 saturated carbocycles. The summed E-state index contributed by atoms with van der Waals surface area (Å²) in [5.74, 6) is 0. The van der Waals surface area contributed by atoms with Gasteiger partial charge in [-0.1, -0.05) is 6.07 Å². The molecule has 1 aromatic rings. The van der Waals surface area contributed by atoms with Crippen molar-refractivity contribution in [2.45, 2.75) is 0 Å². The van der Waals surface area contributed by atoms with E-state index in [1.807, 2.05) is 18.2 Å². The summed E-state index contributed by atoms with van der Waals surface area (Å²) in [6, 6.07) is 7.31. The Hall–Kier alpha value is -0.600. The van der Waals surface area contributed by atoms with Crippen LogP contribution in [0.1, 0.15) is 0 Å². The van der Waals surface area contributed by atoms with Crippen molar-refractivity contribution in [2.75, 3.05) is 9.67 Å². The lowest BCUT2D eigenvalue weighted by atomic mass is 10.3. The average Bonchev–Trinajstić information content (AvgIpc) is 2.05. The molecular formula is C6H6Cl2N2. The van der Waals surface area contributed by atoms with Gasteiger partial charge in [-0.25, -0.2) is 0 Å². The molecule has 2 nitrogen and oxygen atoms in total. The maximum absolute atomic E-state index is 5.33. The second-order valence-electron chi connectivity index (χ2n) is 1.77. The predicted molar refractivity (Wildman–Crippen MR) is 45.4 cm³/mol. The number of nitrogens with one attached hydrogen (secondary N) is 2. The third-order valence-electron chi connectivity index (χ3n) is 1.08. The van der Waals surface area contributed by atoms with Crippen LogP contribution >= 0.6 is 23.6 Å². The van der Waals surface area contributed by atoms with Crippen LogP contribution in [0.5, 0.6) is 0 Å². The van der Waals surface area contributed by atoms with Crippen molar-refractivity contribution in [1.29, 1.82) is 0 Å². The van der Waals surface area contributed by atoms with E-state index >= 15 is 0 Å². The van der Waals surface area contributed by atoms with Gasteiger partial charge in [0, 0.05) is 23.6 Å². The van der Waals surface area contributed by atoms with E-state index in [-0.39, 0.29) is 0 Å². The summed E-state index contributed by atoms with van der Waals surface area (Å²) in [6.07, 6.45) is 0. The van der Waals surface area contributed by atoms with Crippen molar-refractivity contribution in [3.05, 3.63) is 24.3 Å². The Labute approximate surface area is 69.4 Å². The van der Waals surface area contributed by atoms with Gasteiger partial charge in [0.15, 0.2) is 0 Å². The molecule has 0 aliphatic rings. The minimum Gasteiger partial charge on any atom is -0.298 e. The SMILES string of the molecule is ClNc1cccc(NCl)c1. The highest BCUT2D eigenvalue weighted by Gasteiger charge is 1.90. The summed E-state index contributed by atoms with van der Waals surface area (Å²) in [5.41, 5.74) is 1.62. The Kier molecular flexibility index (Phi) is 2.66. The summed E-state index contributed by atoms with van der Waals surface area (Å²) in [5, 5.41) is 0. The van der Waals surface area contributed by atoms with Gasteiger partial charge in [-0.15, -0.1) is 0 Å². The van der Waals surface area contributed by atoms with E-state index in [1.54, 1.807) is 6.07 Å². The minimum atomic E-state index is 0.812. The Morgan fingerprint density at radius 1 is 1.00 bits per heavy atom. The van der Waals surface area contributed by atoms with Crippen LogP contribution in [0.15, 0.2) is 24.3 Å². The zero-order chi connectivity index (χ0) is 7.40. The molecule has 0 aliphatic heterocycles. The standard InChI is InChI=1S/C6H6Cl2N2/c7-9-5-2-1-3-6(4-5)10-8/h1-4,9-10H. The third-order valence-corrected chi connectivity index (χ3v) is 1.52. The first-order valence-corrected chi connectivity index (χ1v) is 3.46. The van der Waals surface area contributed by atoms with Gasteiger partial charge in [0.1, 0.15) is 0 Å². The molecule has 54 valence electrons. The van der Waals surface area contributed by atoms with Crippen LogP contribution in [0.25, 0.3) is 0 Å². The molecule has 0 atom stereocenters. The number of hydrogen-bond acceptors (Lipinski definition) is 2. The average molecular weight is 177 g/mol. The molecule has 0 aliphatic carbocycles. The second-order valence-corrected chi connectivity index (χ2v) is 2.15. The van der Waals surface area contributed by atoms with Gasteiger partial charge in [0.25, 0.3) is 0 Å². The number of halogens is 2. The zero-order valence-corrected chi connectivity index (χ0v) is 6.58. The Balaban J connectivity index is 2.87. The highest BCUT2D eigenvalue weighted by atomic mass is 35.5. The van der Waals surface area contributed by atoms with Crippen molar-refractivity contribution in [1.82, 2.24) is 0 Å².